The van der Waals surface area contributed by atoms with Gasteiger partial charge in [-0.15, -0.1) is 0 Å². The first-order valence-electron chi connectivity index (χ1n) is 6.92. The summed E-state index contributed by atoms with van der Waals surface area (Å²) >= 11 is 0. The molecular formula is C16H28N2. The van der Waals surface area contributed by atoms with E-state index in [9.17, 15) is 0 Å². The molecule has 18 heavy (non-hydrogen) atoms. The van der Waals surface area contributed by atoms with Crippen molar-refractivity contribution in [3.63, 3.8) is 0 Å². The van der Waals surface area contributed by atoms with E-state index in [1.165, 1.54) is 17.5 Å². The lowest BCUT2D eigenvalue weighted by Crippen LogP contribution is -2.36. The maximum atomic E-state index is 5.64. The Morgan fingerprint density at radius 2 is 1.72 bits per heavy atom. The summed E-state index contributed by atoms with van der Waals surface area (Å²) in [5, 5.41) is 0. The largest absolute Gasteiger partial charge is 0.271 e. The number of benzene rings is 1. The summed E-state index contributed by atoms with van der Waals surface area (Å²) in [6.07, 6.45) is 4.55. The first kappa shape index (κ1) is 15.2. The van der Waals surface area contributed by atoms with E-state index in [1.807, 2.05) is 0 Å². The lowest BCUT2D eigenvalue weighted by Gasteiger charge is -2.22. The Balaban J connectivity index is 2.37. The molecule has 0 fully saturated rings. The monoisotopic (exact) mass is 248 g/mol. The van der Waals surface area contributed by atoms with Crippen LogP contribution in [0.25, 0.3) is 0 Å². The molecule has 1 rings (SSSR count). The molecular weight excluding hydrogens is 220 g/mol. The number of aryl methyl sites for hydroxylation is 2. The summed E-state index contributed by atoms with van der Waals surface area (Å²) in [4.78, 5) is 0. The standard InChI is InChI=1S/C16H28N2/c1-13-5-7-14(8-6-13)9-10-15(18-17)11-12-16(2,3)4/h5-8,15,18H,9-12,17H2,1-4H3. The SMILES string of the molecule is Cc1ccc(CCC(CCC(C)(C)C)NN)cc1. The van der Waals surface area contributed by atoms with Crippen LogP contribution < -0.4 is 11.3 Å². The van der Waals surface area contributed by atoms with E-state index in [1.54, 1.807) is 0 Å². The van der Waals surface area contributed by atoms with E-state index in [4.69, 9.17) is 5.84 Å². The summed E-state index contributed by atoms with van der Waals surface area (Å²) in [7, 11) is 0. The van der Waals surface area contributed by atoms with Gasteiger partial charge < -0.3 is 0 Å². The van der Waals surface area contributed by atoms with Crippen molar-refractivity contribution in [2.24, 2.45) is 11.3 Å². The van der Waals surface area contributed by atoms with Gasteiger partial charge in [-0.25, -0.2) is 0 Å². The second-order valence-electron chi connectivity index (χ2n) is 6.49. The minimum Gasteiger partial charge on any atom is -0.271 e. The average Bonchev–Trinajstić information content (AvgIpc) is 2.30. The van der Waals surface area contributed by atoms with Crippen LogP contribution in [-0.4, -0.2) is 6.04 Å². The molecule has 0 aromatic heterocycles. The summed E-state index contributed by atoms with van der Waals surface area (Å²) in [6.45, 7) is 8.96. The molecule has 0 radical (unpaired) electrons. The van der Waals surface area contributed by atoms with Crippen molar-refractivity contribution in [3.05, 3.63) is 35.4 Å². The average molecular weight is 248 g/mol. The number of nitrogens with two attached hydrogens (primary N) is 1. The van der Waals surface area contributed by atoms with Crippen molar-refractivity contribution in [1.82, 2.24) is 5.43 Å². The highest BCUT2D eigenvalue weighted by Gasteiger charge is 2.14. The van der Waals surface area contributed by atoms with Crippen molar-refractivity contribution >= 4 is 0 Å². The number of rotatable bonds is 6. The Hall–Kier alpha value is -0.860. The van der Waals surface area contributed by atoms with Crippen LogP contribution in [-0.2, 0) is 6.42 Å². The van der Waals surface area contributed by atoms with Crippen molar-refractivity contribution in [3.8, 4) is 0 Å². The Bertz CT molecular complexity index is 335. The molecule has 0 saturated heterocycles. The molecule has 0 aliphatic heterocycles. The smallest absolute Gasteiger partial charge is 0.0213 e. The highest BCUT2D eigenvalue weighted by Crippen LogP contribution is 2.22. The first-order chi connectivity index (χ1) is 8.40. The molecule has 0 heterocycles. The lowest BCUT2D eigenvalue weighted by atomic mass is 9.87. The molecule has 0 aliphatic rings. The molecule has 0 saturated carbocycles. The molecule has 2 heteroatoms. The molecule has 1 aromatic rings. The summed E-state index contributed by atoms with van der Waals surface area (Å²) < 4.78 is 0. The molecule has 3 N–H and O–H groups in total. The van der Waals surface area contributed by atoms with Gasteiger partial charge >= 0.3 is 0 Å². The molecule has 102 valence electrons. The zero-order valence-corrected chi connectivity index (χ0v) is 12.3. The Kier molecular flexibility index (Phi) is 5.83. The minimum absolute atomic E-state index is 0.388. The molecule has 0 aliphatic carbocycles. The van der Waals surface area contributed by atoms with Crippen molar-refractivity contribution < 1.29 is 0 Å². The third-order valence-corrected chi connectivity index (χ3v) is 3.38. The van der Waals surface area contributed by atoms with Crippen LogP contribution >= 0.6 is 0 Å². The zero-order valence-electron chi connectivity index (χ0n) is 12.3. The maximum absolute atomic E-state index is 5.64. The highest BCUT2D eigenvalue weighted by molar-refractivity contribution is 5.21. The maximum Gasteiger partial charge on any atom is 0.0213 e. The van der Waals surface area contributed by atoms with E-state index in [0.29, 0.717) is 11.5 Å². The van der Waals surface area contributed by atoms with Crippen LogP contribution in [0.3, 0.4) is 0 Å². The molecule has 0 spiro atoms. The molecule has 1 unspecified atom stereocenters. The van der Waals surface area contributed by atoms with Crippen LogP contribution in [0.2, 0.25) is 0 Å². The fraction of sp³-hybridized carbons (Fsp3) is 0.625. The molecule has 0 bridgehead atoms. The number of hydrogen-bond acceptors (Lipinski definition) is 2. The third-order valence-electron chi connectivity index (χ3n) is 3.38. The first-order valence-corrected chi connectivity index (χ1v) is 6.92. The number of hydrazine groups is 1. The third kappa shape index (κ3) is 6.18. The van der Waals surface area contributed by atoms with Crippen LogP contribution in [0.15, 0.2) is 24.3 Å². The Morgan fingerprint density at radius 1 is 1.11 bits per heavy atom. The fourth-order valence-electron chi connectivity index (χ4n) is 2.01. The van der Waals surface area contributed by atoms with E-state index < -0.39 is 0 Å². The molecule has 2 nitrogen and oxygen atoms in total. The topological polar surface area (TPSA) is 38.0 Å². The predicted octanol–water partition coefficient (Wildman–Crippen LogP) is 3.59. The minimum atomic E-state index is 0.388. The fourth-order valence-corrected chi connectivity index (χ4v) is 2.01. The van der Waals surface area contributed by atoms with Crippen LogP contribution in [0, 0.1) is 12.3 Å². The number of nitrogens with one attached hydrogen (secondary N) is 1. The summed E-state index contributed by atoms with van der Waals surface area (Å²) in [5.74, 6) is 5.64. The van der Waals surface area contributed by atoms with Gasteiger partial charge in [0, 0.05) is 6.04 Å². The zero-order chi connectivity index (χ0) is 13.6. The van der Waals surface area contributed by atoms with E-state index in [-0.39, 0.29) is 0 Å². The van der Waals surface area contributed by atoms with Crippen LogP contribution in [0.4, 0.5) is 0 Å². The normalized spacial score (nSPS) is 13.6. The highest BCUT2D eigenvalue weighted by atomic mass is 15.2. The van der Waals surface area contributed by atoms with Gasteiger partial charge in [0.15, 0.2) is 0 Å². The molecule has 0 amide bonds. The van der Waals surface area contributed by atoms with Gasteiger partial charge in [0.05, 0.1) is 0 Å². The van der Waals surface area contributed by atoms with Gasteiger partial charge in [0.25, 0.3) is 0 Å². The summed E-state index contributed by atoms with van der Waals surface area (Å²) in [5.41, 5.74) is 6.06. The van der Waals surface area contributed by atoms with Crippen molar-refractivity contribution in [2.45, 2.75) is 59.4 Å². The van der Waals surface area contributed by atoms with Gasteiger partial charge in [0.1, 0.15) is 0 Å². The van der Waals surface area contributed by atoms with Crippen molar-refractivity contribution in [1.29, 1.82) is 0 Å². The lowest BCUT2D eigenvalue weighted by molar-refractivity contribution is 0.324. The number of hydrogen-bond donors (Lipinski definition) is 2. The van der Waals surface area contributed by atoms with E-state index in [0.717, 1.165) is 19.3 Å². The van der Waals surface area contributed by atoms with Gasteiger partial charge in [-0.2, -0.15) is 0 Å². The van der Waals surface area contributed by atoms with Crippen LogP contribution in [0.1, 0.15) is 51.2 Å². The van der Waals surface area contributed by atoms with E-state index in [2.05, 4.69) is 57.4 Å². The Morgan fingerprint density at radius 3 is 2.22 bits per heavy atom. The van der Waals surface area contributed by atoms with Gasteiger partial charge in [0.2, 0.25) is 0 Å². The molecule has 1 aromatic carbocycles. The van der Waals surface area contributed by atoms with Gasteiger partial charge in [-0.1, -0.05) is 50.6 Å². The predicted molar refractivity (Wildman–Crippen MR) is 79.3 cm³/mol. The summed E-state index contributed by atoms with van der Waals surface area (Å²) in [6, 6.07) is 9.20. The second kappa shape index (κ2) is 6.91. The molecule has 1 atom stereocenters. The van der Waals surface area contributed by atoms with Gasteiger partial charge in [-0.3, -0.25) is 11.3 Å². The van der Waals surface area contributed by atoms with Crippen LogP contribution in [0.5, 0.6) is 0 Å². The Labute approximate surface area is 112 Å². The van der Waals surface area contributed by atoms with Crippen molar-refractivity contribution in [2.75, 3.05) is 0 Å². The second-order valence-corrected chi connectivity index (χ2v) is 6.49. The van der Waals surface area contributed by atoms with E-state index >= 15 is 0 Å². The van der Waals surface area contributed by atoms with Gasteiger partial charge in [-0.05, 0) is 43.6 Å². The quantitative estimate of drug-likeness (QED) is 0.596.